The summed E-state index contributed by atoms with van der Waals surface area (Å²) in [5.41, 5.74) is 1.11. The van der Waals surface area contributed by atoms with Gasteiger partial charge in [-0.05, 0) is 42.3 Å². The first kappa shape index (κ1) is 21.4. The zero-order chi connectivity index (χ0) is 22.7. The van der Waals surface area contributed by atoms with Crippen molar-refractivity contribution in [3.8, 4) is 0 Å². The normalized spacial score (nSPS) is 18.2. The fourth-order valence-corrected chi connectivity index (χ4v) is 3.42. The number of nitro groups is 2. The van der Waals surface area contributed by atoms with Gasteiger partial charge in [0.1, 0.15) is 12.2 Å². The molecule has 0 fully saturated rings. The minimum absolute atomic E-state index is 0.106. The maximum atomic E-state index is 12.5. The first-order chi connectivity index (χ1) is 14.8. The van der Waals surface area contributed by atoms with Gasteiger partial charge in [0.15, 0.2) is 0 Å². The van der Waals surface area contributed by atoms with E-state index in [4.69, 9.17) is 4.74 Å². The van der Waals surface area contributed by atoms with Crippen molar-refractivity contribution < 1.29 is 19.4 Å². The van der Waals surface area contributed by atoms with E-state index in [1.54, 1.807) is 6.92 Å². The SMILES string of the molecule is COC(=O)C1=C(C)N[C@@H](c2ccc([N+](=O)[O-])cc2)N(N=O)[C@@H]1c1ccc([N+](=O)[O-])cc1. The molecule has 31 heavy (non-hydrogen) atoms. The monoisotopic (exact) mass is 427 g/mol. The lowest BCUT2D eigenvalue weighted by Crippen LogP contribution is -2.44. The van der Waals surface area contributed by atoms with Crippen molar-refractivity contribution >= 4 is 17.3 Å². The van der Waals surface area contributed by atoms with Crippen molar-refractivity contribution in [1.82, 2.24) is 10.3 Å². The van der Waals surface area contributed by atoms with E-state index in [1.165, 1.54) is 55.6 Å². The number of rotatable bonds is 6. The number of hydrogen-bond acceptors (Lipinski definition) is 9. The average molecular weight is 427 g/mol. The van der Waals surface area contributed by atoms with E-state index in [0.717, 1.165) is 5.01 Å². The molecule has 0 saturated heterocycles. The van der Waals surface area contributed by atoms with Crippen LogP contribution in [0.4, 0.5) is 11.4 Å². The van der Waals surface area contributed by atoms with Crippen molar-refractivity contribution in [1.29, 1.82) is 0 Å². The number of esters is 1. The molecule has 12 nitrogen and oxygen atoms in total. The molecule has 0 bridgehead atoms. The highest BCUT2D eigenvalue weighted by atomic mass is 16.6. The summed E-state index contributed by atoms with van der Waals surface area (Å²) in [6, 6.07) is 9.87. The second-order valence-electron chi connectivity index (χ2n) is 6.64. The predicted molar refractivity (Wildman–Crippen MR) is 107 cm³/mol. The number of methoxy groups -OCH3 is 1. The van der Waals surface area contributed by atoms with Crippen LogP contribution in [0.1, 0.15) is 30.3 Å². The number of benzene rings is 2. The van der Waals surface area contributed by atoms with Crippen LogP contribution in [0.2, 0.25) is 0 Å². The highest BCUT2D eigenvalue weighted by Gasteiger charge is 2.40. The Morgan fingerprint density at radius 2 is 1.48 bits per heavy atom. The molecule has 160 valence electrons. The summed E-state index contributed by atoms with van der Waals surface area (Å²) >= 11 is 0. The first-order valence-electron chi connectivity index (χ1n) is 8.94. The summed E-state index contributed by atoms with van der Waals surface area (Å²) in [6.45, 7) is 1.62. The number of nitro benzene ring substituents is 2. The Balaban J connectivity index is 2.12. The third-order valence-corrected chi connectivity index (χ3v) is 4.90. The highest BCUT2D eigenvalue weighted by molar-refractivity contribution is 5.91. The van der Waals surface area contributed by atoms with Gasteiger partial charge in [0, 0.05) is 30.0 Å². The second-order valence-corrected chi connectivity index (χ2v) is 6.64. The van der Waals surface area contributed by atoms with Gasteiger partial charge in [0.2, 0.25) is 0 Å². The molecule has 0 aromatic heterocycles. The van der Waals surface area contributed by atoms with E-state index < -0.39 is 28.0 Å². The number of allylic oxidation sites excluding steroid dienone is 1. The van der Waals surface area contributed by atoms with Crippen molar-refractivity contribution in [2.45, 2.75) is 19.1 Å². The maximum absolute atomic E-state index is 12.5. The van der Waals surface area contributed by atoms with Crippen LogP contribution in [0.15, 0.2) is 65.1 Å². The molecule has 0 radical (unpaired) electrons. The molecule has 2 aromatic carbocycles. The van der Waals surface area contributed by atoms with Gasteiger partial charge < -0.3 is 10.1 Å². The van der Waals surface area contributed by atoms with Crippen LogP contribution in [0.3, 0.4) is 0 Å². The fraction of sp³-hybridized carbons (Fsp3) is 0.211. The Bertz CT molecular complexity index is 1070. The Labute approximate surface area is 175 Å². The molecule has 0 aliphatic carbocycles. The molecule has 0 saturated carbocycles. The lowest BCUT2D eigenvalue weighted by molar-refractivity contribution is -0.385. The lowest BCUT2D eigenvalue weighted by Gasteiger charge is -2.40. The molecule has 1 N–H and O–H groups in total. The Hall–Kier alpha value is -4.35. The summed E-state index contributed by atoms with van der Waals surface area (Å²) in [4.78, 5) is 45.2. The number of carbonyl (C=O) groups is 1. The number of non-ortho nitro benzene ring substituents is 2. The predicted octanol–water partition coefficient (Wildman–Crippen LogP) is 3.28. The van der Waals surface area contributed by atoms with Gasteiger partial charge in [0.25, 0.3) is 11.4 Å². The number of nitrogens with zero attached hydrogens (tertiary/aromatic N) is 4. The van der Waals surface area contributed by atoms with E-state index >= 15 is 0 Å². The van der Waals surface area contributed by atoms with E-state index in [2.05, 4.69) is 10.6 Å². The molecular formula is C19H17N5O7. The first-order valence-corrected chi connectivity index (χ1v) is 8.94. The summed E-state index contributed by atoms with van der Waals surface area (Å²) in [7, 11) is 1.19. The molecule has 3 rings (SSSR count). The Morgan fingerprint density at radius 1 is 1.00 bits per heavy atom. The van der Waals surface area contributed by atoms with E-state index in [0.29, 0.717) is 16.8 Å². The fourth-order valence-electron chi connectivity index (χ4n) is 3.42. The third-order valence-electron chi connectivity index (χ3n) is 4.90. The van der Waals surface area contributed by atoms with Crippen molar-refractivity contribution in [2.24, 2.45) is 5.29 Å². The van der Waals surface area contributed by atoms with Gasteiger partial charge in [-0.3, -0.25) is 20.2 Å². The lowest BCUT2D eigenvalue weighted by atomic mass is 9.92. The molecule has 0 unspecified atom stereocenters. The molecule has 12 heteroatoms. The van der Waals surface area contributed by atoms with Crippen LogP contribution in [0.5, 0.6) is 0 Å². The third kappa shape index (κ3) is 4.03. The number of nitrogens with one attached hydrogen (secondary N) is 1. The zero-order valence-corrected chi connectivity index (χ0v) is 16.4. The molecule has 0 spiro atoms. The van der Waals surface area contributed by atoms with Gasteiger partial charge >= 0.3 is 5.97 Å². The van der Waals surface area contributed by atoms with Gasteiger partial charge in [-0.1, -0.05) is 0 Å². The van der Waals surface area contributed by atoms with Crippen LogP contribution in [0, 0.1) is 25.1 Å². The minimum Gasteiger partial charge on any atom is -0.466 e. The van der Waals surface area contributed by atoms with Crippen LogP contribution in [-0.4, -0.2) is 27.9 Å². The number of hydrogen-bond donors (Lipinski definition) is 1. The van der Waals surface area contributed by atoms with Crippen molar-refractivity contribution in [2.75, 3.05) is 7.11 Å². The van der Waals surface area contributed by atoms with Crippen LogP contribution >= 0.6 is 0 Å². The Morgan fingerprint density at radius 3 is 1.90 bits per heavy atom. The van der Waals surface area contributed by atoms with E-state index in [9.17, 15) is 29.9 Å². The van der Waals surface area contributed by atoms with E-state index in [-0.39, 0.29) is 16.9 Å². The number of nitroso groups, excluding NO2 is 1. The number of carbonyl (C=O) groups excluding carboxylic acids is 1. The summed E-state index contributed by atoms with van der Waals surface area (Å²) in [5.74, 6) is -0.704. The molecule has 1 heterocycles. The highest BCUT2D eigenvalue weighted by Crippen LogP contribution is 2.41. The summed E-state index contributed by atoms with van der Waals surface area (Å²) in [5, 5.41) is 29.1. The molecule has 2 aromatic rings. The molecule has 1 aliphatic heterocycles. The Kier molecular flexibility index (Phi) is 5.90. The van der Waals surface area contributed by atoms with Crippen LogP contribution < -0.4 is 5.32 Å². The summed E-state index contributed by atoms with van der Waals surface area (Å²) in [6.07, 6.45) is -0.855. The minimum atomic E-state index is -1.01. The van der Waals surface area contributed by atoms with Gasteiger partial charge in [-0.2, -0.15) is 0 Å². The maximum Gasteiger partial charge on any atom is 0.338 e. The van der Waals surface area contributed by atoms with Gasteiger partial charge in [-0.15, -0.1) is 4.91 Å². The van der Waals surface area contributed by atoms with Crippen molar-refractivity contribution in [3.63, 3.8) is 0 Å². The molecule has 2 atom stereocenters. The largest absolute Gasteiger partial charge is 0.466 e. The number of ether oxygens (including phenoxy) is 1. The summed E-state index contributed by atoms with van der Waals surface area (Å²) < 4.78 is 4.86. The average Bonchev–Trinajstić information content (AvgIpc) is 2.77. The van der Waals surface area contributed by atoms with Gasteiger partial charge in [-0.25, -0.2) is 9.80 Å². The smallest absolute Gasteiger partial charge is 0.338 e. The van der Waals surface area contributed by atoms with E-state index in [1.807, 2.05) is 0 Å². The molecular weight excluding hydrogens is 410 g/mol. The molecule has 1 aliphatic rings. The van der Waals surface area contributed by atoms with Gasteiger partial charge in [0.05, 0.1) is 27.8 Å². The quantitative estimate of drug-likeness (QED) is 0.316. The zero-order valence-electron chi connectivity index (χ0n) is 16.4. The molecule has 0 amide bonds. The standard InChI is InChI=1S/C19H17N5O7/c1-11-16(19(25)31-2)17(12-3-7-14(8-4-12)23(27)28)22(21-26)18(20-11)13-5-9-15(10-6-13)24(29)30/h3-10,17-18,20H,1-2H3/t17-,18-/m1/s1. The van der Waals surface area contributed by atoms with Crippen LogP contribution in [0.25, 0.3) is 0 Å². The van der Waals surface area contributed by atoms with Crippen LogP contribution in [-0.2, 0) is 9.53 Å². The topological polar surface area (TPSA) is 157 Å². The van der Waals surface area contributed by atoms with Crippen molar-refractivity contribution in [3.05, 3.63) is 96.1 Å². The second kappa shape index (κ2) is 8.57.